The predicted octanol–water partition coefficient (Wildman–Crippen LogP) is -1.42. The van der Waals surface area contributed by atoms with Crippen LogP contribution in [0.5, 0.6) is 0 Å². The van der Waals surface area contributed by atoms with Gasteiger partial charge >= 0.3 is 12.1 Å². The van der Waals surface area contributed by atoms with Gasteiger partial charge in [-0.25, -0.2) is 4.79 Å². The zero-order valence-corrected chi connectivity index (χ0v) is 11.6. The van der Waals surface area contributed by atoms with E-state index in [0.29, 0.717) is 0 Å². The summed E-state index contributed by atoms with van der Waals surface area (Å²) in [5, 5.41) is 1.91. The minimum absolute atomic E-state index is 0.225. The Morgan fingerprint density at radius 3 is 2.05 bits per heavy atom. The van der Waals surface area contributed by atoms with E-state index in [0.717, 1.165) is 0 Å². The molecule has 5 N–H and O–H groups in total. The molecule has 0 aromatic carbocycles. The number of hydrogen-bond donors (Lipinski definition) is 5. The van der Waals surface area contributed by atoms with Crippen LogP contribution in [0.25, 0.3) is 0 Å². The average molecular weight is 335 g/mol. The van der Waals surface area contributed by atoms with Gasteiger partial charge in [-0.1, -0.05) is 0 Å². The van der Waals surface area contributed by atoms with Crippen molar-refractivity contribution in [2.24, 2.45) is 11.5 Å². The second-order valence-electron chi connectivity index (χ2n) is 3.55. The van der Waals surface area contributed by atoms with Crippen LogP contribution in [0.1, 0.15) is 0 Å². The van der Waals surface area contributed by atoms with Gasteiger partial charge in [-0.15, -0.1) is 0 Å². The number of halogens is 3. The number of nitrogens with one attached hydrogen (secondary N) is 1. The van der Waals surface area contributed by atoms with Crippen LogP contribution in [0.4, 0.5) is 13.2 Å². The minimum atomic E-state index is -5.33. The number of primary amides is 1. The average Bonchev–Trinajstić information content (AvgIpc) is 2.33. The number of rotatable bonds is 6. The smallest absolute Gasteiger partial charge is 0.427 e. The number of carbonyl (C=O) groups is 3. The van der Waals surface area contributed by atoms with E-state index < -0.39 is 41.5 Å². The molecule has 7 nitrogen and oxygen atoms in total. The van der Waals surface area contributed by atoms with E-state index in [4.69, 9.17) is 11.5 Å². The molecule has 0 saturated carbocycles. The van der Waals surface area contributed by atoms with Crippen molar-refractivity contribution in [3.05, 3.63) is 0 Å². The summed E-state index contributed by atoms with van der Waals surface area (Å²) in [5.41, 5.74) is 7.43. The van der Waals surface area contributed by atoms with Crippen LogP contribution >= 0.6 is 25.3 Å². The molecule has 0 unspecified atom stereocenters. The summed E-state index contributed by atoms with van der Waals surface area (Å²) in [4.78, 5) is 33.2. The standard InChI is InChI=1S/C8H12F3N3O4S2/c9-8(10,11)6(17)18-7(13,2-20)5(16)14-3(1-19)4(12)15/h3,19-20H,1-2,13H2,(H2,12,15)(H,14,16)/t3-,7-/m1/s1. The van der Waals surface area contributed by atoms with Crippen LogP contribution in [-0.2, 0) is 19.1 Å². The van der Waals surface area contributed by atoms with Gasteiger partial charge in [0.25, 0.3) is 5.91 Å². The van der Waals surface area contributed by atoms with E-state index in [1.54, 1.807) is 0 Å². The lowest BCUT2D eigenvalue weighted by Gasteiger charge is -2.28. The number of hydrogen-bond acceptors (Lipinski definition) is 7. The lowest BCUT2D eigenvalue weighted by molar-refractivity contribution is -0.212. The van der Waals surface area contributed by atoms with Crippen LogP contribution in [0.2, 0.25) is 0 Å². The van der Waals surface area contributed by atoms with Crippen molar-refractivity contribution < 1.29 is 32.3 Å². The molecular formula is C8H12F3N3O4S2. The third-order valence-electron chi connectivity index (χ3n) is 1.96. The Hall–Kier alpha value is -1.14. The maximum absolute atomic E-state index is 12.1. The SMILES string of the molecule is NC(=O)[C@@H](CS)NC(=O)[C@@](N)(CS)OC(=O)C(F)(F)F. The minimum Gasteiger partial charge on any atom is -0.427 e. The second kappa shape index (κ2) is 7.04. The predicted molar refractivity (Wildman–Crippen MR) is 67.9 cm³/mol. The molecule has 12 heteroatoms. The van der Waals surface area contributed by atoms with E-state index in [9.17, 15) is 27.6 Å². The molecule has 20 heavy (non-hydrogen) atoms. The maximum atomic E-state index is 12.1. The molecule has 116 valence electrons. The highest BCUT2D eigenvalue weighted by atomic mass is 32.1. The van der Waals surface area contributed by atoms with Crippen LogP contribution in [0.15, 0.2) is 0 Å². The molecule has 0 aliphatic heterocycles. The van der Waals surface area contributed by atoms with Gasteiger partial charge in [0, 0.05) is 5.75 Å². The largest absolute Gasteiger partial charge is 0.491 e. The molecule has 0 aromatic heterocycles. The number of amides is 2. The Balaban J connectivity index is 5.00. The van der Waals surface area contributed by atoms with Crippen molar-refractivity contribution in [1.29, 1.82) is 0 Å². The molecular weight excluding hydrogens is 323 g/mol. The first-order valence-electron chi connectivity index (χ1n) is 4.89. The molecule has 0 bridgehead atoms. The van der Waals surface area contributed by atoms with Crippen molar-refractivity contribution in [1.82, 2.24) is 5.32 Å². The molecule has 0 radical (unpaired) electrons. The fraction of sp³-hybridized carbons (Fsp3) is 0.625. The van der Waals surface area contributed by atoms with Gasteiger partial charge < -0.3 is 15.8 Å². The quantitative estimate of drug-likeness (QED) is 0.231. The molecule has 0 aromatic rings. The number of alkyl halides is 3. The number of carbonyl (C=O) groups excluding carboxylic acids is 3. The molecule has 0 spiro atoms. The van der Waals surface area contributed by atoms with Gasteiger partial charge in [0.05, 0.1) is 5.75 Å². The van der Waals surface area contributed by atoms with Crippen LogP contribution < -0.4 is 16.8 Å². The molecule has 0 rings (SSSR count). The zero-order chi connectivity index (χ0) is 16.1. The molecule has 0 aliphatic rings. The molecule has 2 atom stereocenters. The number of thiol groups is 2. The zero-order valence-electron chi connectivity index (χ0n) is 9.81. The summed E-state index contributed by atoms with van der Waals surface area (Å²) in [6.45, 7) is 0. The first kappa shape index (κ1) is 18.9. The van der Waals surface area contributed by atoms with Crippen molar-refractivity contribution in [2.45, 2.75) is 17.9 Å². The molecule has 0 heterocycles. The second-order valence-corrected chi connectivity index (χ2v) is 4.23. The van der Waals surface area contributed by atoms with Crippen LogP contribution in [0.3, 0.4) is 0 Å². The highest BCUT2D eigenvalue weighted by molar-refractivity contribution is 7.80. The fourth-order valence-corrected chi connectivity index (χ4v) is 1.34. The van der Waals surface area contributed by atoms with Crippen LogP contribution in [-0.4, -0.2) is 47.2 Å². The third-order valence-corrected chi connectivity index (χ3v) is 2.79. The Morgan fingerprint density at radius 2 is 1.75 bits per heavy atom. The maximum Gasteiger partial charge on any atom is 0.491 e. The number of esters is 1. The monoisotopic (exact) mass is 335 g/mol. The Bertz CT molecular complexity index is 407. The summed E-state index contributed by atoms with van der Waals surface area (Å²) in [7, 11) is 0. The van der Waals surface area contributed by atoms with Crippen molar-refractivity contribution >= 4 is 43.0 Å². The molecule has 0 aliphatic carbocycles. The first-order valence-corrected chi connectivity index (χ1v) is 6.15. The Morgan fingerprint density at radius 1 is 1.25 bits per heavy atom. The van der Waals surface area contributed by atoms with Crippen molar-refractivity contribution in [3.8, 4) is 0 Å². The summed E-state index contributed by atoms with van der Waals surface area (Å²) < 4.78 is 40.1. The van der Waals surface area contributed by atoms with Gasteiger partial charge in [0.2, 0.25) is 11.6 Å². The van der Waals surface area contributed by atoms with E-state index in [1.807, 2.05) is 5.32 Å². The van der Waals surface area contributed by atoms with Gasteiger partial charge in [-0.2, -0.15) is 38.4 Å². The molecule has 0 fully saturated rings. The lowest BCUT2D eigenvalue weighted by atomic mass is 10.2. The topological polar surface area (TPSA) is 125 Å². The summed E-state index contributed by atoms with van der Waals surface area (Å²) >= 11 is 7.26. The summed E-state index contributed by atoms with van der Waals surface area (Å²) in [5.74, 6) is -5.99. The Kier molecular flexibility index (Phi) is 6.64. The van der Waals surface area contributed by atoms with Gasteiger partial charge in [0.15, 0.2) is 0 Å². The van der Waals surface area contributed by atoms with E-state index >= 15 is 0 Å². The van der Waals surface area contributed by atoms with Gasteiger partial charge in [0.1, 0.15) is 6.04 Å². The summed E-state index contributed by atoms with van der Waals surface area (Å²) in [6, 6.07) is -1.29. The van der Waals surface area contributed by atoms with Crippen LogP contribution in [0, 0.1) is 0 Å². The number of nitrogens with two attached hydrogens (primary N) is 2. The normalized spacial score (nSPS) is 15.9. The fourth-order valence-electron chi connectivity index (χ4n) is 0.861. The first-order chi connectivity index (χ1) is 8.97. The van der Waals surface area contributed by atoms with E-state index in [2.05, 4.69) is 30.0 Å². The van der Waals surface area contributed by atoms with Crippen molar-refractivity contribution in [3.63, 3.8) is 0 Å². The van der Waals surface area contributed by atoms with E-state index in [-0.39, 0.29) is 5.75 Å². The highest BCUT2D eigenvalue weighted by Crippen LogP contribution is 2.20. The van der Waals surface area contributed by atoms with Gasteiger partial charge in [-0.05, 0) is 0 Å². The molecule has 0 saturated heterocycles. The van der Waals surface area contributed by atoms with Crippen molar-refractivity contribution in [2.75, 3.05) is 11.5 Å². The molecule has 2 amide bonds. The lowest BCUT2D eigenvalue weighted by Crippen LogP contribution is -2.62. The third kappa shape index (κ3) is 5.09. The number of ether oxygens (including phenoxy) is 1. The highest BCUT2D eigenvalue weighted by Gasteiger charge is 2.48. The Labute approximate surface area is 122 Å². The van der Waals surface area contributed by atoms with E-state index in [1.165, 1.54) is 0 Å². The van der Waals surface area contributed by atoms with Gasteiger partial charge in [-0.3, -0.25) is 15.3 Å². The summed E-state index contributed by atoms with van der Waals surface area (Å²) in [6.07, 6.45) is -5.33.